The summed E-state index contributed by atoms with van der Waals surface area (Å²) in [5.41, 5.74) is 6.78. The highest BCUT2D eigenvalue weighted by Crippen LogP contribution is 2.38. The van der Waals surface area contributed by atoms with Crippen LogP contribution in [0.25, 0.3) is 16.9 Å². The number of pyridine rings is 1. The summed E-state index contributed by atoms with van der Waals surface area (Å²) in [7, 11) is -2.60. The second-order valence-electron chi connectivity index (χ2n) is 9.71. The summed E-state index contributed by atoms with van der Waals surface area (Å²) < 4.78 is 39.8. The molecule has 0 fully saturated rings. The number of aromatic nitrogens is 2. The number of anilines is 1. The van der Waals surface area contributed by atoms with Crippen LogP contribution in [-0.4, -0.2) is 24.9 Å². The van der Waals surface area contributed by atoms with Crippen LogP contribution in [0, 0.1) is 27.7 Å². The lowest BCUT2D eigenvalue weighted by Crippen LogP contribution is -2.14. The largest absolute Gasteiger partial charge is 0.493 e. The minimum Gasteiger partial charge on any atom is -0.493 e. The van der Waals surface area contributed by atoms with E-state index in [1.54, 1.807) is 32.0 Å². The van der Waals surface area contributed by atoms with Gasteiger partial charge in [-0.1, -0.05) is 48.0 Å². The molecule has 0 aliphatic rings. The Hall–Kier alpha value is -4.30. The smallest absolute Gasteiger partial charge is 0.339 e. The first-order valence-electron chi connectivity index (χ1n) is 12.6. The third-order valence-corrected chi connectivity index (χ3v) is 8.12. The van der Waals surface area contributed by atoms with E-state index in [0.29, 0.717) is 23.4 Å². The van der Waals surface area contributed by atoms with Gasteiger partial charge < -0.3 is 14.2 Å². The van der Waals surface area contributed by atoms with E-state index < -0.39 is 10.1 Å². The van der Waals surface area contributed by atoms with Crippen molar-refractivity contribution < 1.29 is 17.3 Å². The molecule has 0 atom stereocenters. The van der Waals surface area contributed by atoms with E-state index in [4.69, 9.17) is 13.9 Å². The SMILES string of the molecule is COc1cc(-c2nc3cc(C)ccn3c2NCc2ccccc2)ccc1OS(=O)(=O)c1c(C)cc(C)cc1C. The fourth-order valence-corrected chi connectivity index (χ4v) is 6.27. The number of nitrogens with zero attached hydrogens (tertiary/aromatic N) is 2. The molecular weight excluding hydrogens is 510 g/mol. The van der Waals surface area contributed by atoms with Gasteiger partial charge in [-0.05, 0) is 80.3 Å². The first kappa shape index (κ1) is 26.3. The van der Waals surface area contributed by atoms with Crippen LogP contribution in [0.2, 0.25) is 0 Å². The van der Waals surface area contributed by atoms with Gasteiger partial charge in [0, 0.05) is 18.3 Å². The fraction of sp³-hybridized carbons (Fsp3) is 0.194. The minimum absolute atomic E-state index is 0.110. The van der Waals surface area contributed by atoms with E-state index >= 15 is 0 Å². The van der Waals surface area contributed by atoms with Crippen LogP contribution in [0.3, 0.4) is 0 Å². The third-order valence-electron chi connectivity index (χ3n) is 6.58. The summed E-state index contributed by atoms with van der Waals surface area (Å²) in [5.74, 6) is 1.22. The molecule has 0 amide bonds. The maximum absolute atomic E-state index is 13.3. The molecule has 2 aromatic heterocycles. The zero-order valence-electron chi connectivity index (χ0n) is 22.6. The first-order chi connectivity index (χ1) is 18.7. The molecule has 0 saturated carbocycles. The molecule has 5 rings (SSSR count). The molecule has 8 heteroatoms. The lowest BCUT2D eigenvalue weighted by molar-refractivity contribution is 0.390. The normalized spacial score (nSPS) is 11.5. The number of aryl methyl sites for hydroxylation is 4. The summed E-state index contributed by atoms with van der Waals surface area (Å²) in [6.45, 7) is 8.11. The number of imidazole rings is 1. The molecule has 0 aliphatic heterocycles. The fourth-order valence-electron chi connectivity index (χ4n) is 4.90. The number of methoxy groups -OCH3 is 1. The summed E-state index contributed by atoms with van der Waals surface area (Å²) in [6, 6.07) is 23.0. The van der Waals surface area contributed by atoms with Crippen LogP contribution in [-0.2, 0) is 16.7 Å². The van der Waals surface area contributed by atoms with Gasteiger partial charge in [0.25, 0.3) is 0 Å². The highest BCUT2D eigenvalue weighted by molar-refractivity contribution is 7.87. The lowest BCUT2D eigenvalue weighted by atomic mass is 10.1. The topological polar surface area (TPSA) is 81.9 Å². The third kappa shape index (κ3) is 5.33. The van der Waals surface area contributed by atoms with Crippen molar-refractivity contribution >= 4 is 21.6 Å². The maximum Gasteiger partial charge on any atom is 0.339 e. The van der Waals surface area contributed by atoms with Crippen LogP contribution in [0.5, 0.6) is 11.5 Å². The number of benzene rings is 3. The molecular formula is C31H31N3O4S. The summed E-state index contributed by atoms with van der Waals surface area (Å²) in [4.78, 5) is 5.07. The Bertz CT molecular complexity index is 1750. The molecule has 0 radical (unpaired) electrons. The van der Waals surface area contributed by atoms with E-state index in [1.807, 2.05) is 66.9 Å². The standard InChI is InChI=1S/C31H31N3O4S/c1-20-13-14-34-28(17-20)33-29(31(34)32-19-24-9-7-6-8-10-24)25-11-12-26(27(18-25)37-5)38-39(35,36)30-22(3)15-21(2)16-23(30)4/h6-18,32H,19H2,1-5H3. The highest BCUT2D eigenvalue weighted by Gasteiger charge is 2.25. The molecule has 0 unspecified atom stereocenters. The van der Waals surface area contributed by atoms with Crippen molar-refractivity contribution in [1.29, 1.82) is 0 Å². The van der Waals surface area contributed by atoms with Crippen molar-refractivity contribution in [2.45, 2.75) is 39.1 Å². The molecule has 200 valence electrons. The van der Waals surface area contributed by atoms with Crippen molar-refractivity contribution in [2.24, 2.45) is 0 Å². The molecule has 0 aliphatic carbocycles. The molecule has 0 saturated heterocycles. The van der Waals surface area contributed by atoms with Crippen LogP contribution in [0.1, 0.15) is 27.8 Å². The Morgan fingerprint density at radius 2 is 1.56 bits per heavy atom. The Labute approximate surface area is 229 Å². The minimum atomic E-state index is -4.09. The number of fused-ring (bicyclic) bond motifs is 1. The Kier molecular flexibility index (Phi) is 7.06. The Morgan fingerprint density at radius 3 is 2.26 bits per heavy atom. The zero-order chi connectivity index (χ0) is 27.7. The van der Waals surface area contributed by atoms with Crippen LogP contribution >= 0.6 is 0 Å². The van der Waals surface area contributed by atoms with Gasteiger partial charge in [0.15, 0.2) is 11.5 Å². The van der Waals surface area contributed by atoms with E-state index in [1.165, 1.54) is 7.11 Å². The molecule has 2 heterocycles. The van der Waals surface area contributed by atoms with Gasteiger partial charge in [0.05, 0.1) is 7.11 Å². The molecule has 7 nitrogen and oxygen atoms in total. The van der Waals surface area contributed by atoms with E-state index in [9.17, 15) is 8.42 Å². The number of rotatable bonds is 8. The van der Waals surface area contributed by atoms with Gasteiger partial charge in [-0.15, -0.1) is 0 Å². The second-order valence-corrected chi connectivity index (χ2v) is 11.2. The monoisotopic (exact) mass is 541 g/mol. The zero-order valence-corrected chi connectivity index (χ0v) is 23.5. The second kappa shape index (κ2) is 10.5. The van der Waals surface area contributed by atoms with Crippen molar-refractivity contribution in [3.8, 4) is 22.8 Å². The van der Waals surface area contributed by atoms with Gasteiger partial charge >= 0.3 is 10.1 Å². The maximum atomic E-state index is 13.3. The van der Waals surface area contributed by atoms with Gasteiger partial charge in [0.1, 0.15) is 22.1 Å². The van der Waals surface area contributed by atoms with Crippen molar-refractivity contribution in [1.82, 2.24) is 9.38 Å². The van der Waals surface area contributed by atoms with Crippen molar-refractivity contribution in [2.75, 3.05) is 12.4 Å². The number of nitrogens with one attached hydrogen (secondary N) is 1. The van der Waals surface area contributed by atoms with Crippen LogP contribution in [0.15, 0.2) is 83.9 Å². The first-order valence-corrected chi connectivity index (χ1v) is 14.0. The Balaban J connectivity index is 1.54. The average Bonchev–Trinajstić information content (AvgIpc) is 3.24. The Morgan fingerprint density at radius 1 is 0.846 bits per heavy atom. The quantitative estimate of drug-likeness (QED) is 0.222. The number of hydrogen-bond donors (Lipinski definition) is 1. The van der Waals surface area contributed by atoms with E-state index in [0.717, 1.165) is 39.4 Å². The molecule has 3 aromatic carbocycles. The molecule has 0 bridgehead atoms. The predicted molar refractivity (Wildman–Crippen MR) is 154 cm³/mol. The van der Waals surface area contributed by atoms with Crippen molar-refractivity contribution in [3.63, 3.8) is 0 Å². The highest BCUT2D eigenvalue weighted by atomic mass is 32.2. The number of ether oxygens (including phenoxy) is 1. The molecule has 0 spiro atoms. The van der Waals surface area contributed by atoms with Crippen LogP contribution < -0.4 is 14.2 Å². The van der Waals surface area contributed by atoms with Crippen molar-refractivity contribution in [3.05, 3.63) is 107 Å². The van der Waals surface area contributed by atoms with E-state index in [2.05, 4.69) is 17.4 Å². The summed E-state index contributed by atoms with van der Waals surface area (Å²) in [5, 5.41) is 3.53. The van der Waals surface area contributed by atoms with Crippen LogP contribution in [0.4, 0.5) is 5.82 Å². The lowest BCUT2D eigenvalue weighted by Gasteiger charge is -2.15. The van der Waals surface area contributed by atoms with Gasteiger partial charge in [0.2, 0.25) is 0 Å². The average molecular weight is 542 g/mol. The van der Waals surface area contributed by atoms with Gasteiger partial charge in [-0.2, -0.15) is 8.42 Å². The predicted octanol–water partition coefficient (Wildman–Crippen LogP) is 6.62. The van der Waals surface area contributed by atoms with Gasteiger partial charge in [-0.3, -0.25) is 4.40 Å². The molecule has 1 N–H and O–H groups in total. The molecule has 39 heavy (non-hydrogen) atoms. The summed E-state index contributed by atoms with van der Waals surface area (Å²) >= 11 is 0. The number of hydrogen-bond acceptors (Lipinski definition) is 6. The summed E-state index contributed by atoms with van der Waals surface area (Å²) in [6.07, 6.45) is 1.99. The van der Waals surface area contributed by atoms with E-state index in [-0.39, 0.29) is 10.6 Å². The van der Waals surface area contributed by atoms with Gasteiger partial charge in [-0.25, -0.2) is 4.98 Å². The molecule has 5 aromatic rings.